The van der Waals surface area contributed by atoms with Gasteiger partial charge in [-0.1, -0.05) is 11.6 Å². The van der Waals surface area contributed by atoms with Crippen molar-refractivity contribution < 1.29 is 24.3 Å². The Labute approximate surface area is 120 Å². The third-order valence-corrected chi connectivity index (χ3v) is 3.19. The first kappa shape index (κ1) is 14.7. The SMILES string of the molecule is Cc1ccc(C(=O)O)c(C(=O)NC2CCC(=O)NC2=O)c1. The Morgan fingerprint density at radius 1 is 1.29 bits per heavy atom. The summed E-state index contributed by atoms with van der Waals surface area (Å²) in [5, 5.41) is 13.7. The average molecular weight is 290 g/mol. The number of hydrogen-bond acceptors (Lipinski definition) is 4. The number of aromatic carboxylic acids is 1. The predicted molar refractivity (Wildman–Crippen MR) is 71.8 cm³/mol. The van der Waals surface area contributed by atoms with Crippen LogP contribution in [-0.4, -0.2) is 34.8 Å². The van der Waals surface area contributed by atoms with Crippen molar-refractivity contribution in [3.8, 4) is 0 Å². The maximum atomic E-state index is 12.2. The zero-order chi connectivity index (χ0) is 15.6. The minimum Gasteiger partial charge on any atom is -0.478 e. The van der Waals surface area contributed by atoms with Crippen LogP contribution in [0.5, 0.6) is 0 Å². The van der Waals surface area contributed by atoms with E-state index in [9.17, 15) is 19.2 Å². The number of piperidine rings is 1. The summed E-state index contributed by atoms with van der Waals surface area (Å²) in [5.41, 5.74) is 0.589. The summed E-state index contributed by atoms with van der Waals surface area (Å²) in [6.45, 7) is 1.73. The van der Waals surface area contributed by atoms with Gasteiger partial charge in [0.2, 0.25) is 11.8 Å². The summed E-state index contributed by atoms with van der Waals surface area (Å²) >= 11 is 0. The van der Waals surface area contributed by atoms with Crippen LogP contribution >= 0.6 is 0 Å². The van der Waals surface area contributed by atoms with Gasteiger partial charge in [-0.3, -0.25) is 19.7 Å². The van der Waals surface area contributed by atoms with E-state index in [0.717, 1.165) is 5.56 Å². The number of rotatable bonds is 3. The molecular formula is C14H14N2O5. The number of benzene rings is 1. The molecule has 1 aliphatic rings. The molecule has 3 N–H and O–H groups in total. The highest BCUT2D eigenvalue weighted by Gasteiger charge is 2.29. The van der Waals surface area contributed by atoms with E-state index in [1.165, 1.54) is 12.1 Å². The van der Waals surface area contributed by atoms with Crippen LogP contribution in [0, 0.1) is 6.92 Å². The van der Waals surface area contributed by atoms with Crippen LogP contribution in [0.1, 0.15) is 39.1 Å². The maximum Gasteiger partial charge on any atom is 0.336 e. The lowest BCUT2D eigenvalue weighted by molar-refractivity contribution is -0.134. The highest BCUT2D eigenvalue weighted by Crippen LogP contribution is 2.13. The van der Waals surface area contributed by atoms with Crippen molar-refractivity contribution >= 4 is 23.7 Å². The summed E-state index contributed by atoms with van der Waals surface area (Å²) in [5.74, 6) is -2.83. The first-order chi connectivity index (χ1) is 9.88. The van der Waals surface area contributed by atoms with Gasteiger partial charge in [0.25, 0.3) is 5.91 Å². The van der Waals surface area contributed by atoms with Crippen LogP contribution in [-0.2, 0) is 9.59 Å². The third-order valence-electron chi connectivity index (χ3n) is 3.19. The van der Waals surface area contributed by atoms with Crippen molar-refractivity contribution in [2.45, 2.75) is 25.8 Å². The number of carboxylic acids is 1. The highest BCUT2D eigenvalue weighted by molar-refractivity contribution is 6.07. The second-order valence-corrected chi connectivity index (χ2v) is 4.83. The first-order valence-corrected chi connectivity index (χ1v) is 6.37. The van der Waals surface area contributed by atoms with Crippen LogP contribution in [0.3, 0.4) is 0 Å². The van der Waals surface area contributed by atoms with Crippen LogP contribution in [0.4, 0.5) is 0 Å². The number of imide groups is 1. The quantitative estimate of drug-likeness (QED) is 0.690. The topological polar surface area (TPSA) is 113 Å². The van der Waals surface area contributed by atoms with Crippen molar-refractivity contribution in [3.05, 3.63) is 34.9 Å². The summed E-state index contributed by atoms with van der Waals surface area (Å²) in [6.07, 6.45) is 0.334. The fraction of sp³-hybridized carbons (Fsp3) is 0.286. The predicted octanol–water partition coefficient (Wildman–Crippen LogP) is 0.228. The van der Waals surface area contributed by atoms with Gasteiger partial charge in [0.15, 0.2) is 0 Å². The lowest BCUT2D eigenvalue weighted by Gasteiger charge is -2.22. The van der Waals surface area contributed by atoms with Gasteiger partial charge in [0.1, 0.15) is 6.04 Å². The van der Waals surface area contributed by atoms with E-state index < -0.39 is 23.8 Å². The molecule has 1 aliphatic heterocycles. The Kier molecular flexibility index (Phi) is 4.02. The summed E-state index contributed by atoms with van der Waals surface area (Å²) < 4.78 is 0. The lowest BCUT2D eigenvalue weighted by atomic mass is 10.0. The lowest BCUT2D eigenvalue weighted by Crippen LogP contribution is -2.52. The van der Waals surface area contributed by atoms with E-state index in [1.807, 2.05) is 0 Å². The molecule has 7 nitrogen and oxygen atoms in total. The van der Waals surface area contributed by atoms with Gasteiger partial charge in [0.05, 0.1) is 11.1 Å². The van der Waals surface area contributed by atoms with Crippen LogP contribution in [0.25, 0.3) is 0 Å². The first-order valence-electron chi connectivity index (χ1n) is 6.37. The zero-order valence-corrected chi connectivity index (χ0v) is 11.3. The zero-order valence-electron chi connectivity index (χ0n) is 11.3. The van der Waals surface area contributed by atoms with E-state index in [0.29, 0.717) is 0 Å². The maximum absolute atomic E-state index is 12.2. The second-order valence-electron chi connectivity index (χ2n) is 4.83. The fourth-order valence-corrected chi connectivity index (χ4v) is 2.10. The van der Waals surface area contributed by atoms with Crippen LogP contribution in [0.15, 0.2) is 18.2 Å². The Morgan fingerprint density at radius 3 is 2.62 bits per heavy atom. The van der Waals surface area contributed by atoms with E-state index >= 15 is 0 Å². The Hall–Kier alpha value is -2.70. The number of amides is 3. The molecule has 0 spiro atoms. The summed E-state index contributed by atoms with van der Waals surface area (Å²) in [7, 11) is 0. The molecule has 7 heteroatoms. The largest absolute Gasteiger partial charge is 0.478 e. The number of hydrogen-bond donors (Lipinski definition) is 3. The van der Waals surface area contributed by atoms with Crippen molar-refractivity contribution in [1.82, 2.24) is 10.6 Å². The molecule has 1 aromatic rings. The van der Waals surface area contributed by atoms with Crippen molar-refractivity contribution in [3.63, 3.8) is 0 Å². The molecule has 1 aromatic carbocycles. The van der Waals surface area contributed by atoms with E-state index in [1.54, 1.807) is 13.0 Å². The monoisotopic (exact) mass is 290 g/mol. The fourth-order valence-electron chi connectivity index (χ4n) is 2.10. The Morgan fingerprint density at radius 2 is 2.00 bits per heavy atom. The second kappa shape index (κ2) is 5.74. The molecule has 1 atom stereocenters. The van der Waals surface area contributed by atoms with Gasteiger partial charge in [-0.25, -0.2) is 4.79 Å². The van der Waals surface area contributed by atoms with Crippen molar-refractivity contribution in [1.29, 1.82) is 0 Å². The molecule has 0 aliphatic carbocycles. The van der Waals surface area contributed by atoms with Crippen molar-refractivity contribution in [2.24, 2.45) is 0 Å². The molecule has 0 saturated carbocycles. The van der Waals surface area contributed by atoms with Crippen LogP contribution < -0.4 is 10.6 Å². The molecule has 1 saturated heterocycles. The van der Waals surface area contributed by atoms with Gasteiger partial charge in [0, 0.05) is 6.42 Å². The number of carboxylic acid groups (broad SMARTS) is 1. The molecule has 1 fully saturated rings. The van der Waals surface area contributed by atoms with Gasteiger partial charge in [-0.2, -0.15) is 0 Å². The standard InChI is InChI=1S/C14H14N2O5/c1-7-2-3-8(14(20)21)9(6-7)12(18)15-10-4-5-11(17)16-13(10)19/h2-3,6,10H,4-5H2,1H3,(H,15,18)(H,20,21)(H,16,17,19). The molecule has 110 valence electrons. The summed E-state index contributed by atoms with van der Waals surface area (Å²) in [6, 6.07) is 3.55. The van der Waals surface area contributed by atoms with E-state index in [2.05, 4.69) is 10.6 Å². The molecule has 3 amide bonds. The van der Waals surface area contributed by atoms with Gasteiger partial charge < -0.3 is 10.4 Å². The molecular weight excluding hydrogens is 276 g/mol. The molecule has 0 bridgehead atoms. The minimum absolute atomic E-state index is 0.00722. The van der Waals surface area contributed by atoms with Crippen LogP contribution in [0.2, 0.25) is 0 Å². The van der Waals surface area contributed by atoms with Gasteiger partial charge in [-0.15, -0.1) is 0 Å². The molecule has 1 heterocycles. The highest BCUT2D eigenvalue weighted by atomic mass is 16.4. The molecule has 0 radical (unpaired) electrons. The molecule has 2 rings (SSSR count). The average Bonchev–Trinajstić information content (AvgIpc) is 2.41. The van der Waals surface area contributed by atoms with E-state index in [-0.39, 0.29) is 29.9 Å². The summed E-state index contributed by atoms with van der Waals surface area (Å²) in [4.78, 5) is 45.9. The smallest absolute Gasteiger partial charge is 0.336 e. The number of nitrogens with one attached hydrogen (secondary N) is 2. The Bertz CT molecular complexity index is 638. The molecule has 0 aromatic heterocycles. The Balaban J connectivity index is 2.21. The third kappa shape index (κ3) is 3.25. The number of carbonyl (C=O) groups is 4. The number of aryl methyl sites for hydroxylation is 1. The minimum atomic E-state index is -1.22. The number of carbonyl (C=O) groups excluding carboxylic acids is 3. The van der Waals surface area contributed by atoms with Gasteiger partial charge in [-0.05, 0) is 25.5 Å². The van der Waals surface area contributed by atoms with Crippen molar-refractivity contribution in [2.75, 3.05) is 0 Å². The molecule has 21 heavy (non-hydrogen) atoms. The van der Waals surface area contributed by atoms with Gasteiger partial charge >= 0.3 is 5.97 Å². The molecule has 1 unspecified atom stereocenters. The van der Waals surface area contributed by atoms with E-state index in [4.69, 9.17) is 5.11 Å². The normalized spacial score (nSPS) is 18.0.